The summed E-state index contributed by atoms with van der Waals surface area (Å²) in [7, 11) is 1.35. The molecule has 0 bridgehead atoms. The summed E-state index contributed by atoms with van der Waals surface area (Å²) in [6.45, 7) is -0.186. The van der Waals surface area contributed by atoms with E-state index in [-0.39, 0.29) is 22.1 Å². The van der Waals surface area contributed by atoms with Gasteiger partial charge in [0.25, 0.3) is 15.9 Å². The lowest BCUT2D eigenvalue weighted by Crippen LogP contribution is -2.39. The Kier molecular flexibility index (Phi) is 10.7. The van der Waals surface area contributed by atoms with Crippen molar-refractivity contribution in [3.63, 3.8) is 0 Å². The van der Waals surface area contributed by atoms with E-state index in [9.17, 15) is 13.2 Å². The van der Waals surface area contributed by atoms with Crippen LogP contribution in [0.25, 0.3) is 0 Å². The number of rotatable bonds is 14. The second kappa shape index (κ2) is 14.8. The first-order valence-corrected chi connectivity index (χ1v) is 14.8. The molecule has 0 heterocycles. The molecule has 4 aromatic carbocycles. The number of benzene rings is 4. The van der Waals surface area contributed by atoms with Crippen LogP contribution in [0, 0.1) is 0 Å². The molecule has 44 heavy (non-hydrogen) atoms. The molecule has 0 radical (unpaired) electrons. The highest BCUT2D eigenvalue weighted by Crippen LogP contribution is 2.37. The van der Waals surface area contributed by atoms with Crippen molar-refractivity contribution in [1.82, 2.24) is 5.43 Å². The molecule has 0 aromatic heterocycles. The summed E-state index contributed by atoms with van der Waals surface area (Å²) < 4.78 is 55.9. The standard InChI is InChI=1S/C32H33N3O8S/c1-39-26-14-16-29(40-2)28(18-26)35(44(37,38)27-15-17-30(41-3)31(19-27)42-4)21-32(36)34-33-20-23-10-12-25(13-11-23)43-22-24-8-6-5-7-9-24/h5-20H,21-22H2,1-4H3,(H,34,36)/b33-20-. The number of nitrogens with one attached hydrogen (secondary N) is 1. The van der Waals surface area contributed by atoms with Gasteiger partial charge in [0.1, 0.15) is 30.4 Å². The van der Waals surface area contributed by atoms with Gasteiger partial charge in [-0.3, -0.25) is 9.10 Å². The topological polar surface area (TPSA) is 125 Å². The Morgan fingerprint density at radius 3 is 2.09 bits per heavy atom. The lowest BCUT2D eigenvalue weighted by atomic mass is 10.2. The molecule has 0 aliphatic heterocycles. The summed E-state index contributed by atoms with van der Waals surface area (Å²) in [6.07, 6.45) is 1.44. The van der Waals surface area contributed by atoms with Crippen molar-refractivity contribution in [1.29, 1.82) is 0 Å². The third-order valence-corrected chi connectivity index (χ3v) is 8.17. The van der Waals surface area contributed by atoms with E-state index in [0.29, 0.717) is 29.4 Å². The van der Waals surface area contributed by atoms with Crippen LogP contribution in [0.4, 0.5) is 5.69 Å². The van der Waals surface area contributed by atoms with Gasteiger partial charge < -0.3 is 23.7 Å². The molecule has 230 valence electrons. The zero-order valence-electron chi connectivity index (χ0n) is 24.7. The average Bonchev–Trinajstić information content (AvgIpc) is 3.06. The van der Waals surface area contributed by atoms with E-state index in [0.717, 1.165) is 9.87 Å². The lowest BCUT2D eigenvalue weighted by molar-refractivity contribution is -0.119. The number of anilines is 1. The highest BCUT2D eigenvalue weighted by atomic mass is 32.2. The molecule has 1 N–H and O–H groups in total. The van der Waals surface area contributed by atoms with Crippen molar-refractivity contribution in [3.8, 4) is 28.7 Å². The fourth-order valence-corrected chi connectivity index (χ4v) is 5.57. The Balaban J connectivity index is 1.53. The van der Waals surface area contributed by atoms with E-state index in [1.807, 2.05) is 30.3 Å². The van der Waals surface area contributed by atoms with Gasteiger partial charge in [-0.25, -0.2) is 13.8 Å². The van der Waals surface area contributed by atoms with Crippen LogP contribution in [0.15, 0.2) is 101 Å². The minimum Gasteiger partial charge on any atom is -0.497 e. The Morgan fingerprint density at radius 2 is 1.43 bits per heavy atom. The molecule has 0 aliphatic carbocycles. The Hall–Kier alpha value is -5.23. The summed E-state index contributed by atoms with van der Waals surface area (Å²) in [5.74, 6) is 1.11. The number of methoxy groups -OCH3 is 4. The van der Waals surface area contributed by atoms with Gasteiger partial charge in [0, 0.05) is 12.1 Å². The molecule has 0 aliphatic rings. The Labute approximate surface area is 256 Å². The van der Waals surface area contributed by atoms with Crippen molar-refractivity contribution in [2.45, 2.75) is 11.5 Å². The Bertz CT molecular complexity index is 1690. The summed E-state index contributed by atoms with van der Waals surface area (Å²) in [5, 5.41) is 4.01. The molecule has 4 rings (SSSR count). The molecular weight excluding hydrogens is 586 g/mol. The predicted octanol–water partition coefficient (Wildman–Crippen LogP) is 4.65. The van der Waals surface area contributed by atoms with Gasteiger partial charge in [0.2, 0.25) is 0 Å². The summed E-state index contributed by atoms with van der Waals surface area (Å²) in [5.41, 5.74) is 4.24. The summed E-state index contributed by atoms with van der Waals surface area (Å²) >= 11 is 0. The maximum absolute atomic E-state index is 14.0. The van der Waals surface area contributed by atoms with Gasteiger partial charge in [-0.05, 0) is 59.7 Å². The monoisotopic (exact) mass is 619 g/mol. The van der Waals surface area contributed by atoms with E-state index in [1.165, 1.54) is 58.9 Å². The molecule has 4 aromatic rings. The zero-order chi connectivity index (χ0) is 31.5. The third-order valence-electron chi connectivity index (χ3n) is 6.42. The fraction of sp³-hybridized carbons (Fsp3) is 0.188. The number of amides is 1. The number of carbonyl (C=O) groups excluding carboxylic acids is 1. The van der Waals surface area contributed by atoms with Crippen LogP contribution in [0.2, 0.25) is 0 Å². The molecule has 0 atom stereocenters. The normalized spacial score (nSPS) is 11.1. The molecule has 11 nitrogen and oxygen atoms in total. The molecule has 0 fully saturated rings. The quantitative estimate of drug-likeness (QED) is 0.160. The van der Waals surface area contributed by atoms with Crippen LogP contribution in [-0.2, 0) is 21.4 Å². The molecule has 12 heteroatoms. The molecule has 1 amide bonds. The van der Waals surface area contributed by atoms with E-state index in [4.69, 9.17) is 23.7 Å². The SMILES string of the molecule is COc1ccc(OC)c(N(CC(=O)N/N=C\c2ccc(OCc3ccccc3)cc2)S(=O)(=O)c2ccc(OC)c(OC)c2)c1. The fourth-order valence-electron chi connectivity index (χ4n) is 4.13. The van der Waals surface area contributed by atoms with Gasteiger partial charge in [0.15, 0.2) is 11.5 Å². The molecule has 0 saturated heterocycles. The van der Waals surface area contributed by atoms with Gasteiger partial charge in [0.05, 0.1) is 45.2 Å². The van der Waals surface area contributed by atoms with Crippen LogP contribution in [0.5, 0.6) is 28.7 Å². The van der Waals surface area contributed by atoms with E-state index in [1.54, 1.807) is 36.4 Å². The van der Waals surface area contributed by atoms with Gasteiger partial charge in [-0.1, -0.05) is 30.3 Å². The van der Waals surface area contributed by atoms with Crippen molar-refractivity contribution < 1.29 is 36.9 Å². The number of sulfonamides is 1. The first-order valence-electron chi connectivity index (χ1n) is 13.3. The third kappa shape index (κ3) is 7.78. The number of nitrogens with zero attached hydrogens (tertiary/aromatic N) is 2. The van der Waals surface area contributed by atoms with Crippen LogP contribution in [0.1, 0.15) is 11.1 Å². The minimum absolute atomic E-state index is 0.0897. The number of ether oxygens (including phenoxy) is 5. The van der Waals surface area contributed by atoms with Crippen LogP contribution in [-0.4, -0.2) is 55.5 Å². The number of hydrazone groups is 1. The number of hydrogen-bond donors (Lipinski definition) is 1. The van der Waals surface area contributed by atoms with Crippen molar-refractivity contribution in [2.75, 3.05) is 39.3 Å². The smallest absolute Gasteiger partial charge is 0.265 e. The van der Waals surface area contributed by atoms with Gasteiger partial charge in [-0.2, -0.15) is 5.10 Å². The molecule has 0 unspecified atom stereocenters. The van der Waals surface area contributed by atoms with Crippen molar-refractivity contribution in [2.24, 2.45) is 5.10 Å². The van der Waals surface area contributed by atoms with E-state index < -0.39 is 22.5 Å². The number of hydrogen-bond acceptors (Lipinski definition) is 9. The second-order valence-electron chi connectivity index (χ2n) is 9.20. The maximum Gasteiger partial charge on any atom is 0.265 e. The maximum atomic E-state index is 14.0. The van der Waals surface area contributed by atoms with Crippen LogP contribution >= 0.6 is 0 Å². The van der Waals surface area contributed by atoms with Crippen molar-refractivity contribution in [3.05, 3.63) is 102 Å². The van der Waals surface area contributed by atoms with Crippen LogP contribution in [0.3, 0.4) is 0 Å². The summed E-state index contributed by atoms with van der Waals surface area (Å²) in [4.78, 5) is 12.9. The highest BCUT2D eigenvalue weighted by molar-refractivity contribution is 7.92. The first-order chi connectivity index (χ1) is 21.3. The van der Waals surface area contributed by atoms with Crippen LogP contribution < -0.4 is 33.4 Å². The molecule has 0 saturated carbocycles. The van der Waals surface area contributed by atoms with Gasteiger partial charge >= 0.3 is 0 Å². The predicted molar refractivity (Wildman–Crippen MR) is 167 cm³/mol. The largest absolute Gasteiger partial charge is 0.497 e. The lowest BCUT2D eigenvalue weighted by Gasteiger charge is -2.26. The van der Waals surface area contributed by atoms with E-state index in [2.05, 4.69) is 10.5 Å². The summed E-state index contributed by atoms with van der Waals surface area (Å²) in [6, 6.07) is 25.7. The minimum atomic E-state index is -4.34. The molecular formula is C32H33N3O8S. The highest BCUT2D eigenvalue weighted by Gasteiger charge is 2.31. The average molecular weight is 620 g/mol. The zero-order valence-corrected chi connectivity index (χ0v) is 25.5. The first kappa shape index (κ1) is 31.7. The number of carbonyl (C=O) groups is 1. The van der Waals surface area contributed by atoms with Crippen molar-refractivity contribution >= 4 is 27.8 Å². The van der Waals surface area contributed by atoms with Gasteiger partial charge in [-0.15, -0.1) is 0 Å². The Morgan fingerprint density at radius 1 is 0.773 bits per heavy atom. The van der Waals surface area contributed by atoms with E-state index >= 15 is 0 Å². The second-order valence-corrected chi connectivity index (χ2v) is 11.1. The molecule has 0 spiro atoms.